The summed E-state index contributed by atoms with van der Waals surface area (Å²) in [6.45, 7) is 0. The van der Waals surface area contributed by atoms with Gasteiger partial charge in [-0.05, 0) is 12.1 Å². The molecule has 68 valence electrons. The second-order valence-electron chi connectivity index (χ2n) is 2.49. The molecule has 2 rings (SSSR count). The summed E-state index contributed by atoms with van der Waals surface area (Å²) in [4.78, 5) is 10.7. The molecule has 1 aromatic rings. The first-order chi connectivity index (χ1) is 6.25. The molecule has 1 aliphatic heterocycles. The van der Waals surface area contributed by atoms with Gasteiger partial charge in [0.2, 0.25) is 0 Å². The van der Waals surface area contributed by atoms with Gasteiger partial charge in [-0.3, -0.25) is 5.43 Å². The molecule has 0 unspecified atom stereocenters. The van der Waals surface area contributed by atoms with Gasteiger partial charge in [0.25, 0.3) is 0 Å². The molecule has 2 amide bonds. The van der Waals surface area contributed by atoms with Crippen LogP contribution in [0.3, 0.4) is 0 Å². The Labute approximate surface area is 73.4 Å². The summed E-state index contributed by atoms with van der Waals surface area (Å²) in [6, 6.07) is 5.44. The van der Waals surface area contributed by atoms with Crippen LogP contribution in [0.15, 0.2) is 24.3 Å². The molecule has 1 heterocycles. The van der Waals surface area contributed by atoms with Crippen molar-refractivity contribution in [2.45, 2.75) is 0 Å². The van der Waals surface area contributed by atoms with E-state index in [1.807, 2.05) is 0 Å². The maximum Gasteiger partial charge on any atom is 0.350 e. The minimum absolute atomic E-state index is 0.361. The van der Waals surface area contributed by atoms with Gasteiger partial charge < -0.3 is 0 Å². The number of nitrogens with one attached hydrogen (secondary N) is 3. The number of nitrogens with zero attached hydrogens (tertiary/aromatic N) is 1. The number of hydrogen-bond acceptors (Lipinski definition) is 3. The van der Waals surface area contributed by atoms with Crippen molar-refractivity contribution in [2.24, 2.45) is 0 Å². The number of carbonyl (C=O) groups is 1. The highest BCUT2D eigenvalue weighted by Gasteiger charge is 2.16. The summed E-state index contributed by atoms with van der Waals surface area (Å²) in [5.74, 6) is -0.361. The van der Waals surface area contributed by atoms with Crippen LogP contribution in [0.1, 0.15) is 0 Å². The molecule has 5 nitrogen and oxygen atoms in total. The third kappa shape index (κ3) is 1.52. The molecule has 1 fully saturated rings. The molecule has 1 aliphatic rings. The fourth-order valence-corrected chi connectivity index (χ4v) is 1.01. The van der Waals surface area contributed by atoms with Crippen molar-refractivity contribution in [1.29, 1.82) is 0 Å². The second kappa shape index (κ2) is 2.91. The number of hydrazine groups is 3. The van der Waals surface area contributed by atoms with Crippen LogP contribution in [-0.2, 0) is 0 Å². The number of amides is 2. The predicted octanol–water partition coefficient (Wildman–Crippen LogP) is 0.279. The van der Waals surface area contributed by atoms with E-state index in [1.165, 1.54) is 17.3 Å². The Kier molecular flexibility index (Phi) is 1.75. The van der Waals surface area contributed by atoms with Crippen molar-refractivity contribution in [3.63, 3.8) is 0 Å². The van der Waals surface area contributed by atoms with Crippen molar-refractivity contribution in [3.05, 3.63) is 30.1 Å². The Morgan fingerprint density at radius 2 is 2.23 bits per heavy atom. The molecular formula is C7H7FN4O. The van der Waals surface area contributed by atoms with Crippen LogP contribution in [0, 0.1) is 5.82 Å². The van der Waals surface area contributed by atoms with E-state index in [4.69, 9.17) is 0 Å². The molecule has 6 heteroatoms. The van der Waals surface area contributed by atoms with E-state index >= 15 is 0 Å². The van der Waals surface area contributed by atoms with E-state index in [9.17, 15) is 9.18 Å². The van der Waals surface area contributed by atoms with Gasteiger partial charge in [-0.15, -0.1) is 5.53 Å². The molecule has 1 saturated heterocycles. The van der Waals surface area contributed by atoms with E-state index in [0.29, 0.717) is 5.69 Å². The topological polar surface area (TPSA) is 56.4 Å². The van der Waals surface area contributed by atoms with Crippen LogP contribution in [0.2, 0.25) is 0 Å². The Morgan fingerprint density at radius 3 is 2.85 bits per heavy atom. The molecule has 1 aromatic carbocycles. The largest absolute Gasteiger partial charge is 0.350 e. The second-order valence-corrected chi connectivity index (χ2v) is 2.49. The van der Waals surface area contributed by atoms with E-state index in [0.717, 1.165) is 0 Å². The highest BCUT2D eigenvalue weighted by Crippen LogP contribution is 2.12. The zero-order chi connectivity index (χ0) is 9.26. The summed E-state index contributed by atoms with van der Waals surface area (Å²) in [6.07, 6.45) is 0. The summed E-state index contributed by atoms with van der Waals surface area (Å²) in [5, 5.41) is 1.28. The van der Waals surface area contributed by atoms with E-state index < -0.39 is 0 Å². The first-order valence-corrected chi connectivity index (χ1v) is 3.64. The van der Waals surface area contributed by atoms with Crippen molar-refractivity contribution in [3.8, 4) is 0 Å². The minimum Gasteiger partial charge on any atom is -0.252 e. The van der Waals surface area contributed by atoms with Gasteiger partial charge in [0.15, 0.2) is 0 Å². The lowest BCUT2D eigenvalue weighted by atomic mass is 10.3. The number of urea groups is 1. The molecule has 0 saturated carbocycles. The number of rotatable bonds is 1. The van der Waals surface area contributed by atoms with Crippen LogP contribution in [0.25, 0.3) is 0 Å². The third-order valence-electron chi connectivity index (χ3n) is 1.56. The monoisotopic (exact) mass is 182 g/mol. The molecule has 0 aliphatic carbocycles. The molecule has 0 bridgehead atoms. The van der Waals surface area contributed by atoms with Crippen LogP contribution in [-0.4, -0.2) is 6.03 Å². The van der Waals surface area contributed by atoms with Gasteiger partial charge in [0.1, 0.15) is 5.82 Å². The fourth-order valence-electron chi connectivity index (χ4n) is 1.01. The molecule has 0 aromatic heterocycles. The molecule has 3 N–H and O–H groups in total. The summed E-state index contributed by atoms with van der Waals surface area (Å²) < 4.78 is 12.7. The standard InChI is InChI=1S/C7H7FN4O/c8-5-2-1-3-6(4-5)12-10-7(13)9-11-12/h1-4,11H,(H2,9,10,13). The van der Waals surface area contributed by atoms with Crippen molar-refractivity contribution >= 4 is 11.7 Å². The quantitative estimate of drug-likeness (QED) is 0.584. The van der Waals surface area contributed by atoms with Crippen molar-refractivity contribution in [2.75, 3.05) is 5.12 Å². The van der Waals surface area contributed by atoms with E-state index in [1.54, 1.807) is 12.1 Å². The van der Waals surface area contributed by atoms with Crippen LogP contribution in [0.4, 0.5) is 14.9 Å². The lowest BCUT2D eigenvalue weighted by molar-refractivity contribution is 0.247. The summed E-state index contributed by atoms with van der Waals surface area (Å²) >= 11 is 0. The summed E-state index contributed by atoms with van der Waals surface area (Å²) in [7, 11) is 0. The van der Waals surface area contributed by atoms with Crippen LogP contribution >= 0.6 is 0 Å². The molecule has 0 radical (unpaired) electrons. The predicted molar refractivity (Wildman–Crippen MR) is 43.7 cm³/mol. The molecular weight excluding hydrogens is 175 g/mol. The Balaban J connectivity index is 2.21. The Bertz CT molecular complexity index is 343. The van der Waals surface area contributed by atoms with Gasteiger partial charge in [0, 0.05) is 6.07 Å². The van der Waals surface area contributed by atoms with Gasteiger partial charge in [-0.25, -0.2) is 14.6 Å². The van der Waals surface area contributed by atoms with Gasteiger partial charge in [0.05, 0.1) is 5.69 Å². The Hall–Kier alpha value is -1.82. The maximum atomic E-state index is 12.7. The van der Waals surface area contributed by atoms with Crippen LogP contribution in [0.5, 0.6) is 0 Å². The first kappa shape index (κ1) is 7.81. The number of benzene rings is 1. The molecule has 0 atom stereocenters. The fraction of sp³-hybridized carbons (Fsp3) is 0. The number of hydrogen-bond donors (Lipinski definition) is 3. The van der Waals surface area contributed by atoms with E-state index in [-0.39, 0.29) is 11.8 Å². The van der Waals surface area contributed by atoms with Gasteiger partial charge >= 0.3 is 6.03 Å². The highest BCUT2D eigenvalue weighted by molar-refractivity contribution is 5.77. The normalized spacial score (nSPS) is 15.5. The number of halogens is 1. The first-order valence-electron chi connectivity index (χ1n) is 3.64. The highest BCUT2D eigenvalue weighted by atomic mass is 19.1. The van der Waals surface area contributed by atoms with Crippen molar-refractivity contribution < 1.29 is 9.18 Å². The van der Waals surface area contributed by atoms with Gasteiger partial charge in [-0.1, -0.05) is 6.07 Å². The lowest BCUT2D eigenvalue weighted by Crippen LogP contribution is -2.40. The SMILES string of the molecule is O=C1NNN(c2cccc(F)c2)N1. The summed E-state index contributed by atoms with van der Waals surface area (Å²) in [5.41, 5.74) is 7.71. The maximum absolute atomic E-state index is 12.7. The zero-order valence-electron chi connectivity index (χ0n) is 6.54. The zero-order valence-corrected chi connectivity index (χ0v) is 6.54. The number of carbonyl (C=O) groups excluding carboxylic acids is 1. The third-order valence-corrected chi connectivity index (χ3v) is 1.56. The minimum atomic E-state index is -0.385. The van der Waals surface area contributed by atoms with Crippen LogP contribution < -0.4 is 21.5 Å². The average molecular weight is 182 g/mol. The molecule has 13 heavy (non-hydrogen) atoms. The van der Waals surface area contributed by atoms with Crippen molar-refractivity contribution in [1.82, 2.24) is 16.4 Å². The number of anilines is 1. The Morgan fingerprint density at radius 1 is 1.38 bits per heavy atom. The molecule has 0 spiro atoms. The van der Waals surface area contributed by atoms with E-state index in [2.05, 4.69) is 16.4 Å². The smallest absolute Gasteiger partial charge is 0.252 e. The lowest BCUT2D eigenvalue weighted by Gasteiger charge is -2.14. The van der Waals surface area contributed by atoms with Gasteiger partial charge in [-0.2, -0.15) is 5.12 Å². The average Bonchev–Trinajstić information content (AvgIpc) is 2.52.